The maximum Gasteiger partial charge on any atom is 0.340 e. The van der Waals surface area contributed by atoms with E-state index in [0.717, 1.165) is 10.0 Å². The minimum Gasteiger partial charge on any atom is -0.389 e. The number of carbonyl (C=O) groups excluding carboxylic acids is 2. The summed E-state index contributed by atoms with van der Waals surface area (Å²) in [6, 6.07) is 17.1. The molecule has 9 nitrogen and oxygen atoms in total. The molecule has 0 radical (unpaired) electrons. The van der Waals surface area contributed by atoms with Crippen LogP contribution in [0.15, 0.2) is 77.7 Å². The molecule has 0 spiro atoms. The molecule has 0 unspecified atom stereocenters. The van der Waals surface area contributed by atoms with Crippen LogP contribution >= 0.6 is 0 Å². The predicted molar refractivity (Wildman–Crippen MR) is 124 cm³/mol. The highest BCUT2D eigenvalue weighted by Gasteiger charge is 2.36. The molecule has 2 heterocycles. The molecule has 0 bridgehead atoms. The Bertz CT molecular complexity index is 1260. The van der Waals surface area contributed by atoms with Gasteiger partial charge in [-0.25, -0.2) is 19.6 Å². The topological polar surface area (TPSA) is 107 Å². The van der Waals surface area contributed by atoms with Gasteiger partial charge in [-0.15, -0.1) is 6.42 Å². The van der Waals surface area contributed by atoms with Gasteiger partial charge < -0.3 is 15.7 Å². The molecule has 1 saturated heterocycles. The Balaban J connectivity index is 1.44. The number of aromatic nitrogens is 1. The number of nitrogens with one attached hydrogen (secondary N) is 2. The smallest absolute Gasteiger partial charge is 0.340 e. The highest BCUT2D eigenvalue weighted by molar-refractivity contribution is 5.94. The quantitative estimate of drug-likeness (QED) is 0.541. The lowest BCUT2D eigenvalue weighted by atomic mass is 10.2. The molecule has 3 aromatic rings. The highest BCUT2D eigenvalue weighted by atomic mass is 16.3. The maximum absolute atomic E-state index is 12.8. The number of hydrogen-bond acceptors (Lipinski definition) is 4. The summed E-state index contributed by atoms with van der Waals surface area (Å²) in [5.41, 5.74) is 2.13. The Labute approximate surface area is 189 Å². The lowest BCUT2D eigenvalue weighted by Gasteiger charge is -2.27. The Morgan fingerprint density at radius 3 is 1.94 bits per heavy atom. The second-order valence-corrected chi connectivity index (χ2v) is 7.36. The number of carbonyl (C=O) groups is 2. The third-order valence-electron chi connectivity index (χ3n) is 5.05. The zero-order chi connectivity index (χ0) is 23.4. The fraction of sp³-hybridized carbons (Fsp3) is 0.125. The molecule has 0 saturated carbocycles. The number of benzene rings is 2. The number of hydrogen-bond donors (Lipinski definition) is 3. The van der Waals surface area contributed by atoms with Crippen molar-refractivity contribution >= 4 is 23.4 Å². The van der Waals surface area contributed by atoms with Crippen molar-refractivity contribution in [2.75, 3.05) is 23.7 Å². The lowest BCUT2D eigenvalue weighted by molar-refractivity contribution is 0.103. The van der Waals surface area contributed by atoms with E-state index in [1.54, 1.807) is 66.9 Å². The summed E-state index contributed by atoms with van der Waals surface area (Å²) in [6.07, 6.45) is 6.11. The third kappa shape index (κ3) is 4.87. The van der Waals surface area contributed by atoms with Gasteiger partial charge in [-0.2, -0.15) is 0 Å². The van der Waals surface area contributed by atoms with Gasteiger partial charge in [0.25, 0.3) is 5.56 Å². The van der Waals surface area contributed by atoms with Crippen LogP contribution in [0.1, 0.15) is 5.56 Å². The first kappa shape index (κ1) is 21.7. The van der Waals surface area contributed by atoms with E-state index < -0.39 is 18.2 Å². The molecular weight excluding hydrogens is 422 g/mol. The largest absolute Gasteiger partial charge is 0.389 e. The van der Waals surface area contributed by atoms with Gasteiger partial charge in [-0.05, 0) is 54.6 Å². The van der Waals surface area contributed by atoms with E-state index in [2.05, 4.69) is 16.6 Å². The fourth-order valence-corrected chi connectivity index (χ4v) is 3.41. The van der Waals surface area contributed by atoms with E-state index in [1.807, 2.05) is 0 Å². The average Bonchev–Trinajstić information content (AvgIpc) is 3.22. The van der Waals surface area contributed by atoms with Gasteiger partial charge in [0.2, 0.25) is 0 Å². The molecule has 166 valence electrons. The average molecular weight is 443 g/mol. The predicted octanol–water partition coefficient (Wildman–Crippen LogP) is 2.48. The zero-order valence-corrected chi connectivity index (χ0v) is 17.5. The summed E-state index contributed by atoms with van der Waals surface area (Å²) in [4.78, 5) is 37.5. The van der Waals surface area contributed by atoms with Crippen LogP contribution in [0.2, 0.25) is 0 Å². The van der Waals surface area contributed by atoms with Crippen LogP contribution in [-0.2, 0) is 0 Å². The lowest BCUT2D eigenvalue weighted by Crippen LogP contribution is -2.48. The Hall–Kier alpha value is -4.55. The van der Waals surface area contributed by atoms with Gasteiger partial charge in [0.1, 0.15) is 0 Å². The van der Waals surface area contributed by atoms with Gasteiger partial charge >= 0.3 is 12.1 Å². The summed E-state index contributed by atoms with van der Waals surface area (Å²) < 4.78 is 1.48. The first-order chi connectivity index (χ1) is 15.9. The summed E-state index contributed by atoms with van der Waals surface area (Å²) in [6.45, 7) is -0.0651. The van der Waals surface area contributed by atoms with Crippen molar-refractivity contribution in [1.29, 1.82) is 0 Å². The standard InChI is InChI=1S/C24H21N5O4/c1-2-17-6-8-18(9-7-17)25-23(32)28-15-21(30)16-29(28)24(33)26-19-10-12-20(13-11-19)27-14-4-3-5-22(27)31/h1,3-14,21,30H,15-16H2,(H,25,32)(H,26,33)/t21-/m0/s1. The van der Waals surface area contributed by atoms with Gasteiger partial charge in [0.05, 0.1) is 19.2 Å². The molecule has 4 amide bonds. The number of urea groups is 2. The molecular formula is C24H21N5O4. The van der Waals surface area contributed by atoms with Gasteiger partial charge in [-0.3, -0.25) is 9.36 Å². The minimum absolute atomic E-state index is 0.0302. The summed E-state index contributed by atoms with van der Waals surface area (Å²) in [7, 11) is 0. The monoisotopic (exact) mass is 443 g/mol. The van der Waals surface area contributed by atoms with Gasteiger partial charge in [-0.1, -0.05) is 12.0 Å². The van der Waals surface area contributed by atoms with Crippen LogP contribution in [0.5, 0.6) is 0 Å². The van der Waals surface area contributed by atoms with Gasteiger partial charge in [0.15, 0.2) is 0 Å². The number of rotatable bonds is 3. The van der Waals surface area contributed by atoms with Crippen LogP contribution in [0.4, 0.5) is 21.0 Å². The van der Waals surface area contributed by atoms with Crippen molar-refractivity contribution in [3.63, 3.8) is 0 Å². The highest BCUT2D eigenvalue weighted by Crippen LogP contribution is 2.18. The van der Waals surface area contributed by atoms with Crippen molar-refractivity contribution in [3.05, 3.63) is 88.8 Å². The third-order valence-corrected chi connectivity index (χ3v) is 5.05. The second kappa shape index (κ2) is 9.30. The van der Waals surface area contributed by atoms with E-state index in [-0.39, 0.29) is 18.6 Å². The molecule has 0 aliphatic carbocycles. The minimum atomic E-state index is -0.877. The van der Waals surface area contributed by atoms with E-state index in [0.29, 0.717) is 22.6 Å². The van der Waals surface area contributed by atoms with Crippen LogP contribution < -0.4 is 16.2 Å². The fourth-order valence-electron chi connectivity index (χ4n) is 3.41. The molecule has 2 aromatic carbocycles. The van der Waals surface area contributed by atoms with Crippen LogP contribution in [-0.4, -0.2) is 50.9 Å². The number of β-amino-alcohol motifs (C(OH)–C–C–N with tert-alkyl or cyclic N) is 1. The molecule has 1 aliphatic heterocycles. The number of aliphatic hydroxyl groups excluding tert-OH is 1. The van der Waals surface area contributed by atoms with Crippen molar-refractivity contribution in [2.24, 2.45) is 0 Å². The van der Waals surface area contributed by atoms with Crippen molar-refractivity contribution in [3.8, 4) is 18.0 Å². The Morgan fingerprint density at radius 2 is 1.42 bits per heavy atom. The Kier molecular flexibility index (Phi) is 6.11. The molecule has 1 atom stereocenters. The maximum atomic E-state index is 12.8. The first-order valence-corrected chi connectivity index (χ1v) is 10.1. The van der Waals surface area contributed by atoms with Crippen molar-refractivity contribution in [2.45, 2.75) is 6.10 Å². The number of pyridine rings is 1. The van der Waals surface area contributed by atoms with E-state index in [1.165, 1.54) is 10.6 Å². The zero-order valence-electron chi connectivity index (χ0n) is 17.5. The number of hydrazine groups is 1. The van der Waals surface area contributed by atoms with Gasteiger partial charge in [0, 0.05) is 34.9 Å². The number of amides is 4. The summed E-state index contributed by atoms with van der Waals surface area (Å²) >= 11 is 0. The number of anilines is 2. The summed E-state index contributed by atoms with van der Waals surface area (Å²) in [5, 5.41) is 17.7. The molecule has 9 heteroatoms. The molecule has 1 aliphatic rings. The van der Waals surface area contributed by atoms with Crippen molar-refractivity contribution < 1.29 is 14.7 Å². The number of nitrogens with zero attached hydrogens (tertiary/aromatic N) is 3. The second-order valence-electron chi connectivity index (χ2n) is 7.36. The number of terminal acetylenes is 1. The number of aliphatic hydroxyl groups is 1. The normalized spacial score (nSPS) is 15.1. The SMILES string of the molecule is C#Cc1ccc(NC(=O)N2C[C@H](O)CN2C(=O)Nc2ccc(-n3ccccc3=O)cc2)cc1. The first-order valence-electron chi connectivity index (χ1n) is 10.1. The van der Waals surface area contributed by atoms with E-state index in [9.17, 15) is 19.5 Å². The van der Waals surface area contributed by atoms with Crippen molar-refractivity contribution in [1.82, 2.24) is 14.6 Å². The van der Waals surface area contributed by atoms with Crippen LogP contribution in [0.25, 0.3) is 5.69 Å². The van der Waals surface area contributed by atoms with Crippen LogP contribution in [0, 0.1) is 12.3 Å². The molecule has 33 heavy (non-hydrogen) atoms. The molecule has 1 aromatic heterocycles. The Morgan fingerprint density at radius 1 is 0.879 bits per heavy atom. The van der Waals surface area contributed by atoms with E-state index in [4.69, 9.17) is 6.42 Å². The molecule has 3 N–H and O–H groups in total. The molecule has 4 rings (SSSR count). The summed E-state index contributed by atoms with van der Waals surface area (Å²) in [5.74, 6) is 2.49. The van der Waals surface area contributed by atoms with E-state index >= 15 is 0 Å². The van der Waals surface area contributed by atoms with Crippen LogP contribution in [0.3, 0.4) is 0 Å². The molecule has 1 fully saturated rings.